The fourth-order valence-corrected chi connectivity index (χ4v) is 4.08. The fraction of sp³-hybridized carbons (Fsp3) is 0.174. The van der Waals surface area contributed by atoms with Gasteiger partial charge >= 0.3 is 6.43 Å². The lowest BCUT2D eigenvalue weighted by Crippen LogP contribution is -2.34. The van der Waals surface area contributed by atoms with Crippen LogP contribution < -0.4 is 0 Å². The van der Waals surface area contributed by atoms with Crippen LogP contribution in [-0.2, 0) is 6.54 Å². The second kappa shape index (κ2) is 8.88. The van der Waals surface area contributed by atoms with Crippen LogP contribution in [0.15, 0.2) is 65.3 Å². The topological polar surface area (TPSA) is 105 Å². The molecular formula is C23H16ClF2N5O3. The zero-order valence-corrected chi connectivity index (χ0v) is 18.1. The molecule has 172 valence electrons. The molecule has 2 unspecified atom stereocenters. The summed E-state index contributed by atoms with van der Waals surface area (Å²) in [6.07, 6.45) is -1.06. The van der Waals surface area contributed by atoms with Gasteiger partial charge in [0, 0.05) is 35.1 Å². The molecule has 5 rings (SSSR count). The number of carbonyl (C=O) groups is 1. The number of rotatable bonds is 6. The van der Waals surface area contributed by atoms with Crippen molar-refractivity contribution in [3.05, 3.63) is 94.4 Å². The van der Waals surface area contributed by atoms with Crippen molar-refractivity contribution in [2.45, 2.75) is 25.1 Å². The summed E-state index contributed by atoms with van der Waals surface area (Å²) in [7, 11) is 0. The lowest BCUT2D eigenvalue weighted by atomic mass is 10.0. The van der Waals surface area contributed by atoms with Gasteiger partial charge in [-0.1, -0.05) is 23.7 Å². The van der Waals surface area contributed by atoms with E-state index in [4.69, 9.17) is 16.0 Å². The minimum atomic E-state index is -2.89. The molecule has 1 aliphatic heterocycles. The van der Waals surface area contributed by atoms with Crippen molar-refractivity contribution in [2.75, 3.05) is 0 Å². The molecule has 0 bridgehead atoms. The average Bonchev–Trinajstić information content (AvgIpc) is 3.46. The number of benzene rings is 1. The van der Waals surface area contributed by atoms with E-state index in [0.717, 1.165) is 0 Å². The van der Waals surface area contributed by atoms with Gasteiger partial charge in [0.25, 0.3) is 11.8 Å². The van der Waals surface area contributed by atoms with Gasteiger partial charge in [0.1, 0.15) is 12.1 Å². The van der Waals surface area contributed by atoms with Gasteiger partial charge in [0.15, 0.2) is 0 Å². The highest BCUT2D eigenvalue weighted by Crippen LogP contribution is 2.39. The molecule has 0 fully saturated rings. The Kier molecular flexibility index (Phi) is 5.76. The zero-order valence-electron chi connectivity index (χ0n) is 17.3. The summed E-state index contributed by atoms with van der Waals surface area (Å²) in [4.78, 5) is 23.5. The highest BCUT2D eigenvalue weighted by atomic mass is 35.5. The van der Waals surface area contributed by atoms with Crippen LogP contribution in [0.2, 0.25) is 5.02 Å². The quantitative estimate of drug-likeness (QED) is 0.429. The second-order valence-electron chi connectivity index (χ2n) is 7.59. The molecule has 4 heterocycles. The number of amides is 1. The Balaban J connectivity index is 1.51. The summed E-state index contributed by atoms with van der Waals surface area (Å²) < 4.78 is 30.6. The molecule has 8 nitrogen and oxygen atoms in total. The minimum absolute atomic E-state index is 0.117. The van der Waals surface area contributed by atoms with E-state index in [-0.39, 0.29) is 24.0 Å². The maximum Gasteiger partial charge on any atom is 0.314 e. The van der Waals surface area contributed by atoms with Crippen molar-refractivity contribution in [1.82, 2.24) is 25.1 Å². The van der Waals surface area contributed by atoms with Gasteiger partial charge in [-0.2, -0.15) is 8.78 Å². The van der Waals surface area contributed by atoms with Crippen molar-refractivity contribution in [3.8, 4) is 11.5 Å². The number of hydrogen-bond donors (Lipinski definition) is 1. The molecule has 2 atom stereocenters. The molecule has 1 aliphatic rings. The molecule has 3 aromatic heterocycles. The molecule has 1 N–H and O–H groups in total. The predicted molar refractivity (Wildman–Crippen MR) is 116 cm³/mol. The monoisotopic (exact) mass is 483 g/mol. The smallest absolute Gasteiger partial charge is 0.314 e. The number of aliphatic hydroxyl groups excluding tert-OH is 1. The third-order valence-corrected chi connectivity index (χ3v) is 5.72. The number of alkyl halides is 2. The van der Waals surface area contributed by atoms with Gasteiger partial charge in [-0.25, -0.2) is 0 Å². The molecule has 4 aromatic rings. The predicted octanol–water partition coefficient (Wildman–Crippen LogP) is 4.55. The maximum atomic E-state index is 13.5. The number of halogens is 3. The summed E-state index contributed by atoms with van der Waals surface area (Å²) in [6.45, 7) is 0.194. The first kappa shape index (κ1) is 22.1. The van der Waals surface area contributed by atoms with Crippen LogP contribution in [0.25, 0.3) is 11.5 Å². The van der Waals surface area contributed by atoms with E-state index < -0.39 is 24.5 Å². The van der Waals surface area contributed by atoms with E-state index in [9.17, 15) is 18.7 Å². The Hall–Kier alpha value is -3.76. The average molecular weight is 484 g/mol. The van der Waals surface area contributed by atoms with Crippen LogP contribution in [-0.4, -0.2) is 36.1 Å². The second-order valence-corrected chi connectivity index (χ2v) is 8.03. The van der Waals surface area contributed by atoms with Crippen LogP contribution in [0.5, 0.6) is 0 Å². The van der Waals surface area contributed by atoms with E-state index in [2.05, 4.69) is 20.2 Å². The number of carbonyl (C=O) groups excluding carboxylic acids is 1. The van der Waals surface area contributed by atoms with Crippen LogP contribution in [0, 0.1) is 0 Å². The highest BCUT2D eigenvalue weighted by molar-refractivity contribution is 6.30. The summed E-state index contributed by atoms with van der Waals surface area (Å²) in [5.74, 6) is -1.29. The number of pyridine rings is 2. The summed E-state index contributed by atoms with van der Waals surface area (Å²) in [5.41, 5.74) is 2.12. The normalized spacial score (nSPS) is 15.0. The van der Waals surface area contributed by atoms with Crippen LogP contribution in [0.4, 0.5) is 8.78 Å². The van der Waals surface area contributed by atoms with Crippen LogP contribution in [0.1, 0.15) is 51.8 Å². The number of aliphatic hydroxyl groups is 1. The Morgan fingerprint density at radius 1 is 1.03 bits per heavy atom. The maximum absolute atomic E-state index is 13.5. The molecule has 0 saturated carbocycles. The Morgan fingerprint density at radius 2 is 1.85 bits per heavy atom. The Morgan fingerprint density at radius 3 is 2.56 bits per heavy atom. The molecular weight excluding hydrogens is 468 g/mol. The molecule has 0 radical (unpaired) electrons. The van der Waals surface area contributed by atoms with E-state index in [1.807, 2.05) is 0 Å². The Bertz CT molecular complexity index is 1350. The van der Waals surface area contributed by atoms with Gasteiger partial charge in [-0.05, 0) is 42.0 Å². The third kappa shape index (κ3) is 4.02. The molecule has 1 aromatic carbocycles. The lowest BCUT2D eigenvalue weighted by Gasteiger charge is -2.31. The number of fused-ring (bicyclic) bond motifs is 1. The molecule has 1 amide bonds. The van der Waals surface area contributed by atoms with Gasteiger partial charge < -0.3 is 14.4 Å². The summed E-state index contributed by atoms with van der Waals surface area (Å²) in [5, 5.41) is 18.6. The SMILES string of the molecule is O=C1c2cc(-c3nnc(C(F)F)o3)ccc2CN1C(c1ccccn1)C(O)c1cc(Cl)ccn1. The van der Waals surface area contributed by atoms with Crippen LogP contribution >= 0.6 is 11.6 Å². The summed E-state index contributed by atoms with van der Waals surface area (Å²) >= 11 is 6.08. The van der Waals surface area contributed by atoms with E-state index in [1.165, 1.54) is 23.2 Å². The fourth-order valence-electron chi connectivity index (χ4n) is 3.91. The molecule has 0 spiro atoms. The first-order valence-electron chi connectivity index (χ1n) is 10.2. The van der Waals surface area contributed by atoms with Gasteiger partial charge in [0.2, 0.25) is 5.89 Å². The van der Waals surface area contributed by atoms with Crippen molar-refractivity contribution < 1.29 is 23.1 Å². The largest absolute Gasteiger partial charge is 0.415 e. The van der Waals surface area contributed by atoms with Crippen molar-refractivity contribution in [1.29, 1.82) is 0 Å². The number of aromatic nitrogens is 4. The molecule has 0 saturated heterocycles. The van der Waals surface area contributed by atoms with E-state index >= 15 is 0 Å². The van der Waals surface area contributed by atoms with E-state index in [0.29, 0.717) is 27.4 Å². The third-order valence-electron chi connectivity index (χ3n) is 5.49. The number of hydrogen-bond acceptors (Lipinski definition) is 7. The molecule has 0 aliphatic carbocycles. The molecule has 34 heavy (non-hydrogen) atoms. The first-order valence-corrected chi connectivity index (χ1v) is 10.6. The van der Waals surface area contributed by atoms with E-state index in [1.54, 1.807) is 42.6 Å². The van der Waals surface area contributed by atoms with Gasteiger partial charge in [-0.15, -0.1) is 10.2 Å². The Labute approximate surface area is 196 Å². The van der Waals surface area contributed by atoms with Crippen LogP contribution in [0.3, 0.4) is 0 Å². The standard InChI is InChI=1S/C23H16ClF2N5O3/c24-14-6-8-28-17(10-14)19(32)18(16-3-1-2-7-27-16)31-11-13-5-4-12(9-15(13)23(31)33)21-29-30-22(34-21)20(25)26/h1-10,18-20,32H,11H2. The van der Waals surface area contributed by atoms with Gasteiger partial charge in [0.05, 0.1) is 11.4 Å². The van der Waals surface area contributed by atoms with Crippen molar-refractivity contribution in [3.63, 3.8) is 0 Å². The zero-order chi connectivity index (χ0) is 23.8. The van der Waals surface area contributed by atoms with Crippen molar-refractivity contribution >= 4 is 17.5 Å². The lowest BCUT2D eigenvalue weighted by molar-refractivity contribution is 0.0332. The summed E-state index contributed by atoms with van der Waals surface area (Å²) in [6, 6.07) is 12.3. The highest BCUT2D eigenvalue weighted by Gasteiger charge is 2.39. The first-order chi connectivity index (χ1) is 16.4. The number of nitrogens with zero attached hydrogens (tertiary/aromatic N) is 5. The van der Waals surface area contributed by atoms with Gasteiger partial charge in [-0.3, -0.25) is 14.8 Å². The molecule has 11 heteroatoms. The van der Waals surface area contributed by atoms with Crippen molar-refractivity contribution in [2.24, 2.45) is 0 Å². The minimum Gasteiger partial charge on any atom is -0.415 e.